The van der Waals surface area contributed by atoms with Gasteiger partial charge in [0.15, 0.2) is 5.82 Å². The maximum Gasteiger partial charge on any atom is 0.339 e. The molecule has 1 aromatic rings. The van der Waals surface area contributed by atoms with Gasteiger partial charge in [-0.2, -0.15) is 0 Å². The van der Waals surface area contributed by atoms with Crippen molar-refractivity contribution in [2.75, 3.05) is 0 Å². The average molecular weight is 245 g/mol. The molecule has 0 unspecified atom stereocenters. The van der Waals surface area contributed by atoms with Crippen LogP contribution in [0.25, 0.3) is 0 Å². The predicted molar refractivity (Wildman–Crippen MR) is 47.6 cm³/mol. The van der Waals surface area contributed by atoms with E-state index in [4.69, 9.17) is 10.9 Å². The van der Waals surface area contributed by atoms with E-state index in [-0.39, 0.29) is 11.4 Å². The first-order valence-electron chi connectivity index (χ1n) is 3.15. The number of pyridine rings is 1. The van der Waals surface area contributed by atoms with E-state index in [1.807, 2.05) is 0 Å². The number of rotatable bonds is 2. The molecule has 0 fully saturated rings. The smallest absolute Gasteiger partial charge is 0.339 e. The molecular weight excluding hydrogens is 240 g/mol. The number of carboxylic acid groups (broad SMARTS) is 1. The quantitative estimate of drug-likeness (QED) is 0.468. The standard InChI is InChI=1S/C6H5BrN4O2/c7-3-1-4(6(12)13)5(9-2-3)10-11-8/h1-2H,(H,12,13)(H2,8,9,10). The van der Waals surface area contributed by atoms with Crippen LogP contribution in [-0.2, 0) is 0 Å². The van der Waals surface area contributed by atoms with Crippen molar-refractivity contribution in [2.45, 2.75) is 0 Å². The van der Waals surface area contributed by atoms with Crippen LogP contribution in [0, 0.1) is 0 Å². The zero-order valence-electron chi connectivity index (χ0n) is 6.31. The molecule has 0 aliphatic rings. The van der Waals surface area contributed by atoms with Gasteiger partial charge in [-0.1, -0.05) is 5.22 Å². The molecule has 6 nitrogen and oxygen atoms in total. The third-order valence-electron chi connectivity index (χ3n) is 1.22. The monoisotopic (exact) mass is 244 g/mol. The lowest BCUT2D eigenvalue weighted by atomic mass is 10.2. The van der Waals surface area contributed by atoms with Crippen LogP contribution in [0.4, 0.5) is 5.82 Å². The topological polar surface area (TPSA) is 101 Å². The van der Waals surface area contributed by atoms with Gasteiger partial charge in [-0.15, -0.1) is 5.11 Å². The summed E-state index contributed by atoms with van der Waals surface area (Å²) >= 11 is 3.09. The average Bonchev–Trinajstić information content (AvgIpc) is 2.08. The molecule has 0 saturated heterocycles. The summed E-state index contributed by atoms with van der Waals surface area (Å²) in [6.45, 7) is 0. The van der Waals surface area contributed by atoms with Crippen LogP contribution in [0.5, 0.6) is 0 Å². The van der Waals surface area contributed by atoms with E-state index >= 15 is 0 Å². The molecule has 0 aliphatic heterocycles. The Morgan fingerprint density at radius 2 is 2.38 bits per heavy atom. The fourth-order valence-electron chi connectivity index (χ4n) is 0.724. The minimum absolute atomic E-state index is 0.0156. The SMILES string of the molecule is NN=Nc1ncc(Br)cc1C(=O)O. The second kappa shape index (κ2) is 3.94. The van der Waals surface area contributed by atoms with E-state index in [9.17, 15) is 4.79 Å². The highest BCUT2D eigenvalue weighted by Crippen LogP contribution is 2.20. The molecule has 1 heterocycles. The highest BCUT2D eigenvalue weighted by Gasteiger charge is 2.11. The molecule has 0 radical (unpaired) electrons. The summed E-state index contributed by atoms with van der Waals surface area (Å²) in [6, 6.07) is 1.37. The van der Waals surface area contributed by atoms with Gasteiger partial charge in [0, 0.05) is 10.7 Å². The van der Waals surface area contributed by atoms with Gasteiger partial charge in [0.05, 0.1) is 0 Å². The first-order valence-corrected chi connectivity index (χ1v) is 3.94. The molecular formula is C6H5BrN4O2. The maximum absolute atomic E-state index is 10.6. The fraction of sp³-hybridized carbons (Fsp3) is 0. The largest absolute Gasteiger partial charge is 0.478 e. The van der Waals surface area contributed by atoms with Crippen molar-refractivity contribution in [3.63, 3.8) is 0 Å². The third kappa shape index (κ3) is 2.22. The first kappa shape index (κ1) is 9.59. The van der Waals surface area contributed by atoms with E-state index in [0.717, 1.165) is 0 Å². The summed E-state index contributed by atoms with van der Waals surface area (Å²) in [4.78, 5) is 14.4. The summed E-state index contributed by atoms with van der Waals surface area (Å²) in [5.74, 6) is 3.64. The van der Waals surface area contributed by atoms with E-state index in [0.29, 0.717) is 4.47 Å². The molecule has 0 bridgehead atoms. The molecule has 0 spiro atoms. The Hall–Kier alpha value is -1.50. The van der Waals surface area contributed by atoms with Crippen LogP contribution in [0.3, 0.4) is 0 Å². The van der Waals surface area contributed by atoms with Crippen molar-refractivity contribution >= 4 is 27.7 Å². The normalized spacial score (nSPS) is 10.5. The van der Waals surface area contributed by atoms with Crippen LogP contribution in [0.1, 0.15) is 10.4 Å². The number of halogens is 1. The Balaban J connectivity index is 3.26. The van der Waals surface area contributed by atoms with Crippen molar-refractivity contribution in [1.82, 2.24) is 4.98 Å². The van der Waals surface area contributed by atoms with Crippen molar-refractivity contribution < 1.29 is 9.90 Å². The lowest BCUT2D eigenvalue weighted by molar-refractivity contribution is 0.0697. The summed E-state index contributed by atoms with van der Waals surface area (Å²) < 4.78 is 0.556. The third-order valence-corrected chi connectivity index (χ3v) is 1.65. The lowest BCUT2D eigenvalue weighted by Gasteiger charge is -1.97. The van der Waals surface area contributed by atoms with Crippen LogP contribution in [0.2, 0.25) is 0 Å². The minimum atomic E-state index is -1.13. The molecule has 0 saturated carbocycles. The van der Waals surface area contributed by atoms with Crippen molar-refractivity contribution in [1.29, 1.82) is 0 Å². The molecule has 0 aromatic carbocycles. The molecule has 1 rings (SSSR count). The molecule has 13 heavy (non-hydrogen) atoms. The number of hydrogen-bond acceptors (Lipinski definition) is 4. The van der Waals surface area contributed by atoms with Gasteiger partial charge in [0.2, 0.25) is 0 Å². The molecule has 68 valence electrons. The number of carbonyl (C=O) groups is 1. The summed E-state index contributed by atoms with van der Waals surface area (Å²) in [5.41, 5.74) is -0.0522. The Morgan fingerprint density at radius 3 is 2.92 bits per heavy atom. The van der Waals surface area contributed by atoms with Crippen LogP contribution in [-0.4, -0.2) is 16.1 Å². The number of aromatic nitrogens is 1. The second-order valence-electron chi connectivity index (χ2n) is 2.05. The van der Waals surface area contributed by atoms with E-state index in [1.165, 1.54) is 12.3 Å². The molecule has 0 aliphatic carbocycles. The highest BCUT2D eigenvalue weighted by molar-refractivity contribution is 9.10. The van der Waals surface area contributed by atoms with Gasteiger partial charge in [-0.05, 0) is 22.0 Å². The van der Waals surface area contributed by atoms with Gasteiger partial charge in [-0.25, -0.2) is 9.78 Å². The van der Waals surface area contributed by atoms with E-state index in [1.54, 1.807) is 0 Å². The molecule has 1 aromatic heterocycles. The molecule has 7 heteroatoms. The summed E-state index contributed by atoms with van der Waals surface area (Å²) in [7, 11) is 0. The fourth-order valence-corrected chi connectivity index (χ4v) is 1.06. The molecule has 3 N–H and O–H groups in total. The zero-order valence-corrected chi connectivity index (χ0v) is 7.89. The van der Waals surface area contributed by atoms with E-state index < -0.39 is 5.97 Å². The first-order chi connectivity index (χ1) is 6.15. The van der Waals surface area contributed by atoms with Crippen LogP contribution in [0.15, 0.2) is 27.1 Å². The number of nitrogens with zero attached hydrogens (tertiary/aromatic N) is 3. The van der Waals surface area contributed by atoms with Gasteiger partial charge in [-0.3, -0.25) is 0 Å². The molecule has 0 atom stereocenters. The second-order valence-corrected chi connectivity index (χ2v) is 2.96. The Morgan fingerprint density at radius 1 is 1.69 bits per heavy atom. The number of hydrogen-bond donors (Lipinski definition) is 2. The maximum atomic E-state index is 10.6. The number of aromatic carboxylic acids is 1. The Bertz CT molecular complexity index is 366. The van der Waals surface area contributed by atoms with Crippen molar-refractivity contribution in [2.24, 2.45) is 16.2 Å². The Labute approximate surface area is 81.6 Å². The zero-order chi connectivity index (χ0) is 9.84. The van der Waals surface area contributed by atoms with Gasteiger partial charge in [0.1, 0.15) is 5.56 Å². The summed E-state index contributed by atoms with van der Waals surface area (Å²) in [6.07, 6.45) is 1.41. The number of carboxylic acids is 1. The van der Waals surface area contributed by atoms with Gasteiger partial charge >= 0.3 is 5.97 Å². The lowest BCUT2D eigenvalue weighted by Crippen LogP contribution is -1.98. The van der Waals surface area contributed by atoms with E-state index in [2.05, 4.69) is 31.3 Å². The van der Waals surface area contributed by atoms with Crippen LogP contribution < -0.4 is 5.84 Å². The van der Waals surface area contributed by atoms with Gasteiger partial charge in [0.25, 0.3) is 0 Å². The Kier molecular flexibility index (Phi) is 2.91. The summed E-state index contributed by atoms with van der Waals surface area (Å²) in [5, 5.41) is 15.0. The molecule has 0 amide bonds. The van der Waals surface area contributed by atoms with Crippen molar-refractivity contribution in [3.05, 3.63) is 22.3 Å². The highest BCUT2D eigenvalue weighted by atomic mass is 79.9. The van der Waals surface area contributed by atoms with Crippen LogP contribution >= 0.6 is 15.9 Å². The van der Waals surface area contributed by atoms with Gasteiger partial charge < -0.3 is 10.9 Å². The minimum Gasteiger partial charge on any atom is -0.478 e. The predicted octanol–water partition coefficient (Wildman–Crippen LogP) is 1.50. The van der Waals surface area contributed by atoms with Crippen molar-refractivity contribution in [3.8, 4) is 0 Å². The number of nitrogens with two attached hydrogens (primary N) is 1.